The zero-order valence-corrected chi connectivity index (χ0v) is 16.9. The number of hydrogen-bond donors (Lipinski definition) is 0. The lowest BCUT2D eigenvalue weighted by Gasteiger charge is -2.20. The maximum atomic E-state index is 13.7. The Bertz CT molecular complexity index is 1580. The molecule has 6 nitrogen and oxygen atoms in total. The third-order valence-corrected chi connectivity index (χ3v) is 6.37. The van der Waals surface area contributed by atoms with E-state index in [1.54, 1.807) is 49.4 Å². The summed E-state index contributed by atoms with van der Waals surface area (Å²) in [5, 5.41) is 0.718. The summed E-state index contributed by atoms with van der Waals surface area (Å²) in [7, 11) is 0. The van der Waals surface area contributed by atoms with E-state index in [-0.39, 0.29) is 22.6 Å². The molecule has 4 heterocycles. The number of carbonyl (C=O) groups is 1. The molecule has 0 aliphatic carbocycles. The Labute approximate surface area is 178 Å². The molecular formula is C23H13FN2O4S. The first-order valence-electron chi connectivity index (χ1n) is 9.53. The van der Waals surface area contributed by atoms with E-state index >= 15 is 0 Å². The van der Waals surface area contributed by atoms with Gasteiger partial charge in [0.2, 0.25) is 5.76 Å². The van der Waals surface area contributed by atoms with Crippen LogP contribution >= 0.6 is 11.3 Å². The van der Waals surface area contributed by atoms with Crippen LogP contribution < -0.4 is 10.3 Å². The van der Waals surface area contributed by atoms with Crippen LogP contribution in [0.5, 0.6) is 0 Å². The van der Waals surface area contributed by atoms with E-state index in [4.69, 9.17) is 8.83 Å². The number of fused-ring (bicyclic) bond motifs is 3. The Hall–Kier alpha value is -3.78. The van der Waals surface area contributed by atoms with Crippen LogP contribution in [0.4, 0.5) is 9.52 Å². The number of benzene rings is 2. The van der Waals surface area contributed by atoms with Crippen molar-refractivity contribution in [3.05, 3.63) is 93.5 Å². The summed E-state index contributed by atoms with van der Waals surface area (Å²) in [5.74, 6) is 0.162. The normalized spacial score (nSPS) is 15.9. The van der Waals surface area contributed by atoms with Crippen LogP contribution in [0.3, 0.4) is 0 Å². The van der Waals surface area contributed by atoms with E-state index in [2.05, 4.69) is 4.98 Å². The van der Waals surface area contributed by atoms with Crippen LogP contribution in [-0.2, 0) is 0 Å². The number of anilines is 1. The van der Waals surface area contributed by atoms with Gasteiger partial charge in [-0.25, -0.2) is 9.37 Å². The molecule has 0 spiro atoms. The van der Waals surface area contributed by atoms with Gasteiger partial charge in [-0.05, 0) is 49.4 Å². The number of aromatic nitrogens is 1. The van der Waals surface area contributed by atoms with E-state index in [0.29, 0.717) is 37.8 Å². The minimum Gasteiger partial charge on any atom is -0.464 e. The van der Waals surface area contributed by atoms with E-state index in [1.165, 1.54) is 28.4 Å². The standard InChI is InChI=1S/C23H13FN2O4S/c1-11-6-9-16(29-11)19-18-20(27)13-4-2-3-5-15(13)30-21(18)22(28)26(19)23-25-14-8-7-12(24)10-17(14)31-23/h2-10,19H,1H3. The van der Waals surface area contributed by atoms with Crippen molar-refractivity contribution < 1.29 is 18.0 Å². The molecule has 1 unspecified atom stereocenters. The lowest BCUT2D eigenvalue weighted by atomic mass is 10.0. The summed E-state index contributed by atoms with van der Waals surface area (Å²) >= 11 is 1.17. The number of rotatable bonds is 2. The highest BCUT2D eigenvalue weighted by Gasteiger charge is 2.46. The van der Waals surface area contributed by atoms with Gasteiger partial charge >= 0.3 is 0 Å². The van der Waals surface area contributed by atoms with E-state index in [9.17, 15) is 14.0 Å². The zero-order chi connectivity index (χ0) is 21.3. The minimum absolute atomic E-state index is 0.0341. The molecule has 8 heteroatoms. The average Bonchev–Trinajstić information content (AvgIpc) is 3.44. The monoisotopic (exact) mass is 432 g/mol. The Balaban J connectivity index is 1.64. The first-order chi connectivity index (χ1) is 15.0. The van der Waals surface area contributed by atoms with Gasteiger partial charge in [-0.3, -0.25) is 14.5 Å². The van der Waals surface area contributed by atoms with Crippen LogP contribution in [0.2, 0.25) is 0 Å². The molecule has 0 saturated carbocycles. The Morgan fingerprint density at radius 2 is 1.90 bits per heavy atom. The van der Waals surface area contributed by atoms with Crippen LogP contribution in [0.15, 0.2) is 68.2 Å². The van der Waals surface area contributed by atoms with Gasteiger partial charge in [0.1, 0.15) is 29.0 Å². The summed E-state index contributed by atoms with van der Waals surface area (Å²) in [6.07, 6.45) is 0. The Morgan fingerprint density at radius 3 is 2.71 bits per heavy atom. The average molecular weight is 432 g/mol. The molecule has 0 bridgehead atoms. The molecule has 152 valence electrons. The van der Waals surface area contributed by atoms with Crippen molar-refractivity contribution >= 4 is 43.6 Å². The van der Waals surface area contributed by atoms with E-state index in [1.807, 2.05) is 0 Å². The number of carbonyl (C=O) groups excluding carboxylic acids is 1. The molecular weight excluding hydrogens is 419 g/mol. The van der Waals surface area contributed by atoms with Gasteiger partial charge in [-0.1, -0.05) is 23.5 Å². The predicted molar refractivity (Wildman–Crippen MR) is 114 cm³/mol. The lowest BCUT2D eigenvalue weighted by Crippen LogP contribution is -2.29. The Morgan fingerprint density at radius 1 is 1.06 bits per heavy atom. The molecule has 5 aromatic rings. The summed E-state index contributed by atoms with van der Waals surface area (Å²) in [6.45, 7) is 1.79. The number of thiazole rings is 1. The van der Waals surface area contributed by atoms with Crippen molar-refractivity contribution in [1.29, 1.82) is 0 Å². The number of aryl methyl sites for hydroxylation is 1. The molecule has 0 radical (unpaired) electrons. The second-order valence-electron chi connectivity index (χ2n) is 7.30. The molecule has 0 fully saturated rings. The molecule has 1 atom stereocenters. The fourth-order valence-corrected chi connectivity index (χ4v) is 4.99. The van der Waals surface area contributed by atoms with Crippen molar-refractivity contribution in [2.75, 3.05) is 4.90 Å². The molecule has 3 aromatic heterocycles. The van der Waals surface area contributed by atoms with E-state index < -0.39 is 11.9 Å². The molecule has 1 amide bonds. The van der Waals surface area contributed by atoms with Crippen molar-refractivity contribution in [3.8, 4) is 0 Å². The highest BCUT2D eigenvalue weighted by Crippen LogP contribution is 2.44. The highest BCUT2D eigenvalue weighted by atomic mass is 32.1. The maximum absolute atomic E-state index is 13.7. The maximum Gasteiger partial charge on any atom is 0.297 e. The van der Waals surface area contributed by atoms with Gasteiger partial charge in [0.15, 0.2) is 10.6 Å². The summed E-state index contributed by atoms with van der Waals surface area (Å²) in [6, 6.07) is 13.7. The van der Waals surface area contributed by atoms with Crippen LogP contribution in [0.1, 0.15) is 33.7 Å². The lowest BCUT2D eigenvalue weighted by molar-refractivity contribution is 0.0969. The van der Waals surface area contributed by atoms with Gasteiger partial charge < -0.3 is 8.83 Å². The van der Waals surface area contributed by atoms with Crippen LogP contribution in [-0.4, -0.2) is 10.9 Å². The fourth-order valence-electron chi connectivity index (χ4n) is 3.98. The second kappa shape index (κ2) is 6.36. The first-order valence-corrected chi connectivity index (χ1v) is 10.3. The van der Waals surface area contributed by atoms with Crippen LogP contribution in [0, 0.1) is 12.7 Å². The van der Waals surface area contributed by atoms with Crippen molar-refractivity contribution in [2.45, 2.75) is 13.0 Å². The van der Waals surface area contributed by atoms with Crippen molar-refractivity contribution in [2.24, 2.45) is 0 Å². The van der Waals surface area contributed by atoms with Gasteiger partial charge in [0.25, 0.3) is 5.91 Å². The molecule has 0 N–H and O–H groups in total. The van der Waals surface area contributed by atoms with Crippen LogP contribution in [0.25, 0.3) is 21.2 Å². The van der Waals surface area contributed by atoms with Gasteiger partial charge in [-0.15, -0.1) is 0 Å². The molecule has 2 aromatic carbocycles. The molecule has 1 aliphatic rings. The Kier molecular flexibility index (Phi) is 3.70. The van der Waals surface area contributed by atoms with E-state index in [0.717, 1.165) is 0 Å². The van der Waals surface area contributed by atoms with Gasteiger partial charge in [0, 0.05) is 0 Å². The minimum atomic E-state index is -0.831. The predicted octanol–water partition coefficient (Wildman–Crippen LogP) is 5.19. The highest BCUT2D eigenvalue weighted by molar-refractivity contribution is 7.22. The van der Waals surface area contributed by atoms with Gasteiger partial charge in [-0.2, -0.15) is 0 Å². The number of amides is 1. The second-order valence-corrected chi connectivity index (χ2v) is 8.31. The number of para-hydroxylation sites is 1. The van der Waals surface area contributed by atoms with Crippen molar-refractivity contribution in [3.63, 3.8) is 0 Å². The number of halogens is 1. The quantitative estimate of drug-likeness (QED) is 0.384. The topological polar surface area (TPSA) is 76.6 Å². The fraction of sp³-hybridized carbons (Fsp3) is 0.0870. The SMILES string of the molecule is Cc1ccc(C2c3c(oc4ccccc4c3=O)C(=O)N2c2nc3ccc(F)cc3s2)o1. The summed E-state index contributed by atoms with van der Waals surface area (Å²) in [4.78, 5) is 32.8. The number of nitrogens with zero attached hydrogens (tertiary/aromatic N) is 2. The van der Waals surface area contributed by atoms with Crippen molar-refractivity contribution in [1.82, 2.24) is 4.98 Å². The summed E-state index contributed by atoms with van der Waals surface area (Å²) < 4.78 is 26.0. The zero-order valence-electron chi connectivity index (χ0n) is 16.1. The molecule has 6 rings (SSSR count). The van der Waals surface area contributed by atoms with Gasteiger partial charge in [0.05, 0.1) is 21.2 Å². The third kappa shape index (κ3) is 2.58. The molecule has 31 heavy (non-hydrogen) atoms. The molecule has 1 aliphatic heterocycles. The largest absolute Gasteiger partial charge is 0.464 e. The summed E-state index contributed by atoms with van der Waals surface area (Å²) in [5.41, 5.74) is 0.813. The smallest absolute Gasteiger partial charge is 0.297 e. The molecule has 0 saturated heterocycles. The third-order valence-electron chi connectivity index (χ3n) is 5.35. The number of hydrogen-bond acceptors (Lipinski definition) is 6. The first kappa shape index (κ1) is 18.0. The number of furan rings is 1.